The van der Waals surface area contributed by atoms with Gasteiger partial charge in [-0.3, -0.25) is 0 Å². The summed E-state index contributed by atoms with van der Waals surface area (Å²) in [5, 5.41) is 0. The van der Waals surface area contributed by atoms with Crippen LogP contribution in [-0.2, 0) is 13.5 Å². The van der Waals surface area contributed by atoms with Crippen LogP contribution >= 0.6 is 19.4 Å². The number of hydrogen-bond acceptors (Lipinski definition) is 1. The van der Waals surface area contributed by atoms with Crippen molar-refractivity contribution < 1.29 is 18.3 Å². The van der Waals surface area contributed by atoms with Gasteiger partial charge in [-0.1, -0.05) is 0 Å². The molecule has 0 amide bonds. The number of aryl methyl sites for hydroxylation is 1. The van der Waals surface area contributed by atoms with E-state index in [0.29, 0.717) is 0 Å². The molecule has 1 aliphatic carbocycles. The molecule has 0 aromatic heterocycles. The average Bonchev–Trinajstić information content (AvgIpc) is 2.57. The molecule has 1 aromatic carbocycles. The fraction of sp³-hybridized carbons (Fsp3) is 0.250. The van der Waals surface area contributed by atoms with Crippen molar-refractivity contribution in [2.75, 3.05) is 7.11 Å². The number of hydrogen-bond donors (Lipinski definition) is 0. The second-order valence-electron chi connectivity index (χ2n) is 3.71. The summed E-state index contributed by atoms with van der Waals surface area (Å²) in [7, 11) is 13.9. The van der Waals surface area contributed by atoms with E-state index in [1.54, 1.807) is 7.11 Å². The summed E-state index contributed by atoms with van der Waals surface area (Å²) >= 11 is -1.85. The van der Waals surface area contributed by atoms with Crippen LogP contribution in [0.5, 0.6) is 5.75 Å². The Morgan fingerprint density at radius 3 is 2.44 bits per heavy atom. The molecule has 1 aliphatic rings. The monoisotopic (exact) mass is 344 g/mol. The van der Waals surface area contributed by atoms with E-state index >= 15 is 0 Å². The Morgan fingerprint density at radius 1 is 1.19 bits per heavy atom. The fourth-order valence-electron chi connectivity index (χ4n) is 1.93. The topological polar surface area (TPSA) is 9.23 Å². The molecule has 16 heavy (non-hydrogen) atoms. The van der Waals surface area contributed by atoms with Crippen LogP contribution in [0.3, 0.4) is 0 Å². The zero-order chi connectivity index (χ0) is 11.9. The molecule has 1 nitrogen and oxygen atoms in total. The molecule has 0 spiro atoms. The van der Waals surface area contributed by atoms with Crippen LogP contribution in [0.4, 0.5) is 0 Å². The third kappa shape index (κ3) is 1.99. The van der Waals surface area contributed by atoms with Gasteiger partial charge in [-0.15, -0.1) is 0 Å². The van der Waals surface area contributed by atoms with Gasteiger partial charge in [-0.2, -0.15) is 0 Å². The molecular weight excluding hydrogens is 332 g/mol. The van der Waals surface area contributed by atoms with Gasteiger partial charge in [0.15, 0.2) is 0 Å². The first-order valence-electron chi connectivity index (χ1n) is 4.79. The van der Waals surface area contributed by atoms with Gasteiger partial charge in [0.1, 0.15) is 0 Å². The predicted octanol–water partition coefficient (Wildman–Crippen LogP) is 3.87. The van der Waals surface area contributed by atoms with Gasteiger partial charge < -0.3 is 0 Å². The molecule has 0 saturated heterocycles. The van der Waals surface area contributed by atoms with Crippen LogP contribution in [0.2, 0.25) is 0 Å². The second kappa shape index (κ2) is 4.60. The SMILES string of the molecule is COc1cc(C)c2c(c1)C(C)=C[C]2=[Ru]([Cl])[Cl]. The molecular formula is C12H12Cl2ORu. The van der Waals surface area contributed by atoms with Gasteiger partial charge in [0.2, 0.25) is 0 Å². The standard InChI is InChI=1S/C12H12O.2ClH.Ru/c1-8-4-5-11-9(2)6-10(13-3)7-12(8)11;;;/h4,6-7H,1-3H3;2*1H;/q;;;+2/p-2. The van der Waals surface area contributed by atoms with Crippen molar-refractivity contribution in [3.05, 3.63) is 34.9 Å². The van der Waals surface area contributed by atoms with E-state index in [2.05, 4.69) is 19.9 Å². The third-order valence-electron chi connectivity index (χ3n) is 2.69. The van der Waals surface area contributed by atoms with Crippen molar-refractivity contribution in [1.29, 1.82) is 0 Å². The zero-order valence-electron chi connectivity index (χ0n) is 9.25. The van der Waals surface area contributed by atoms with Gasteiger partial charge in [0.25, 0.3) is 0 Å². The minimum absolute atomic E-state index is 0.883. The van der Waals surface area contributed by atoms with E-state index in [1.165, 1.54) is 22.3 Å². The first kappa shape index (κ1) is 12.3. The van der Waals surface area contributed by atoms with Crippen molar-refractivity contribution in [2.24, 2.45) is 0 Å². The number of benzene rings is 1. The van der Waals surface area contributed by atoms with Gasteiger partial charge in [-0.05, 0) is 0 Å². The molecule has 0 bridgehead atoms. The molecule has 0 N–H and O–H groups in total. The number of rotatable bonds is 1. The molecule has 0 atom stereocenters. The number of fused-ring (bicyclic) bond motifs is 1. The molecule has 0 heterocycles. The summed E-state index contributed by atoms with van der Waals surface area (Å²) in [5.41, 5.74) is 4.80. The molecule has 0 unspecified atom stereocenters. The zero-order valence-corrected chi connectivity index (χ0v) is 12.5. The van der Waals surface area contributed by atoms with Gasteiger partial charge in [0.05, 0.1) is 0 Å². The Labute approximate surface area is 109 Å². The van der Waals surface area contributed by atoms with E-state index in [4.69, 9.17) is 24.1 Å². The molecule has 0 aliphatic heterocycles. The van der Waals surface area contributed by atoms with Crippen LogP contribution in [-0.4, -0.2) is 11.2 Å². The van der Waals surface area contributed by atoms with Crippen LogP contribution in [0.25, 0.3) is 5.57 Å². The maximum absolute atomic E-state index is 6.12. The fourth-order valence-corrected chi connectivity index (χ4v) is 4.65. The normalized spacial score (nSPS) is 14.7. The van der Waals surface area contributed by atoms with E-state index in [0.717, 1.165) is 9.86 Å². The molecule has 88 valence electrons. The Kier molecular flexibility index (Phi) is 3.54. The Hall–Kier alpha value is -0.167. The molecule has 1 aromatic rings. The predicted molar refractivity (Wildman–Crippen MR) is 67.2 cm³/mol. The molecule has 0 fully saturated rings. The van der Waals surface area contributed by atoms with E-state index in [-0.39, 0.29) is 0 Å². The van der Waals surface area contributed by atoms with E-state index in [1.807, 2.05) is 12.1 Å². The first-order chi connectivity index (χ1) is 7.54. The van der Waals surface area contributed by atoms with Gasteiger partial charge in [0, 0.05) is 0 Å². The van der Waals surface area contributed by atoms with Crippen molar-refractivity contribution in [1.82, 2.24) is 0 Å². The van der Waals surface area contributed by atoms with Crippen molar-refractivity contribution in [2.45, 2.75) is 13.8 Å². The maximum atomic E-state index is 6.12. The molecule has 0 saturated carbocycles. The molecule has 0 radical (unpaired) electrons. The van der Waals surface area contributed by atoms with E-state index in [9.17, 15) is 0 Å². The van der Waals surface area contributed by atoms with Crippen LogP contribution in [0.15, 0.2) is 18.2 Å². The van der Waals surface area contributed by atoms with Crippen molar-refractivity contribution in [3.63, 3.8) is 0 Å². The summed E-state index contributed by atoms with van der Waals surface area (Å²) in [5.74, 6) is 0.883. The summed E-state index contributed by atoms with van der Waals surface area (Å²) in [6.45, 7) is 4.15. The summed E-state index contributed by atoms with van der Waals surface area (Å²) < 4.78 is 6.40. The van der Waals surface area contributed by atoms with Crippen molar-refractivity contribution >= 4 is 29.1 Å². The van der Waals surface area contributed by atoms with Gasteiger partial charge >= 0.3 is 109 Å². The molecule has 4 heteroatoms. The first-order valence-corrected chi connectivity index (χ1v) is 10.1. The summed E-state index contributed by atoms with van der Waals surface area (Å²) in [6.07, 6.45) is 2.11. The average molecular weight is 344 g/mol. The third-order valence-corrected chi connectivity index (χ3v) is 5.78. The number of halogens is 2. The minimum atomic E-state index is -1.85. The quantitative estimate of drug-likeness (QED) is 0.703. The number of methoxy groups -OCH3 is 1. The van der Waals surface area contributed by atoms with E-state index < -0.39 is 13.5 Å². The Bertz CT molecular complexity index is 514. The van der Waals surface area contributed by atoms with Gasteiger partial charge in [-0.25, -0.2) is 0 Å². The number of allylic oxidation sites excluding steroid dienone is 2. The van der Waals surface area contributed by atoms with Crippen molar-refractivity contribution in [3.8, 4) is 5.75 Å². The second-order valence-corrected chi connectivity index (χ2v) is 9.53. The Balaban J connectivity index is 2.73. The molecule has 2 rings (SSSR count). The summed E-state index contributed by atoms with van der Waals surface area (Å²) in [4.78, 5) is 0. The van der Waals surface area contributed by atoms with Crippen LogP contribution in [0.1, 0.15) is 23.6 Å². The Morgan fingerprint density at radius 2 is 1.88 bits per heavy atom. The number of ether oxygens (including phenoxy) is 1. The van der Waals surface area contributed by atoms with Crippen LogP contribution < -0.4 is 4.74 Å². The van der Waals surface area contributed by atoms with Crippen LogP contribution in [0, 0.1) is 6.92 Å². The summed E-state index contributed by atoms with van der Waals surface area (Å²) in [6, 6.07) is 4.07.